The van der Waals surface area contributed by atoms with Crippen LogP contribution in [0.3, 0.4) is 0 Å². The van der Waals surface area contributed by atoms with Crippen molar-refractivity contribution in [2.75, 3.05) is 11.1 Å². The summed E-state index contributed by atoms with van der Waals surface area (Å²) in [6, 6.07) is 0. The van der Waals surface area contributed by atoms with Gasteiger partial charge in [-0.15, -0.1) is 0 Å². The Hall–Kier alpha value is -2.25. The first-order chi connectivity index (χ1) is 6.84. The maximum Gasteiger partial charge on any atom is 0.227 e. The van der Waals surface area contributed by atoms with Crippen molar-refractivity contribution in [1.29, 1.82) is 0 Å². The number of anilines is 2. The van der Waals surface area contributed by atoms with Crippen LogP contribution in [0.5, 0.6) is 0 Å². The Bertz CT molecular complexity index is 396. The summed E-state index contributed by atoms with van der Waals surface area (Å²) in [4.78, 5) is 15.3. The summed E-state index contributed by atoms with van der Waals surface area (Å²) in [6.45, 7) is 0.462. The first-order valence-corrected chi connectivity index (χ1v) is 3.87. The molecule has 0 radical (unpaired) electrons. The van der Waals surface area contributed by atoms with Gasteiger partial charge in [0.25, 0.3) is 0 Å². The number of nitrogens with one attached hydrogen (secondary N) is 2. The molecule has 0 bridgehead atoms. The SMILES string of the molecule is Nc1ncnc(NCc2ncn[nH]2)n1. The predicted octanol–water partition coefficient (Wildman–Crippen LogP) is -0.816. The van der Waals surface area contributed by atoms with Gasteiger partial charge in [0, 0.05) is 0 Å². The molecule has 0 atom stereocenters. The average molecular weight is 192 g/mol. The zero-order chi connectivity index (χ0) is 9.80. The maximum atomic E-state index is 5.37. The number of H-pyrrole nitrogens is 1. The van der Waals surface area contributed by atoms with Gasteiger partial charge < -0.3 is 11.1 Å². The van der Waals surface area contributed by atoms with Crippen molar-refractivity contribution in [3.8, 4) is 0 Å². The van der Waals surface area contributed by atoms with Gasteiger partial charge in [0.2, 0.25) is 11.9 Å². The van der Waals surface area contributed by atoms with Crippen molar-refractivity contribution in [3.63, 3.8) is 0 Å². The molecular formula is C6H8N8. The summed E-state index contributed by atoms with van der Waals surface area (Å²) in [5, 5.41) is 9.31. The molecule has 0 amide bonds. The average Bonchev–Trinajstić information content (AvgIpc) is 2.67. The fourth-order valence-corrected chi connectivity index (χ4v) is 0.873. The number of nitrogen functional groups attached to an aromatic ring is 1. The maximum absolute atomic E-state index is 5.37. The molecule has 72 valence electrons. The van der Waals surface area contributed by atoms with E-state index in [0.29, 0.717) is 18.3 Å². The lowest BCUT2D eigenvalue weighted by molar-refractivity contribution is 0.928. The molecule has 2 heterocycles. The number of nitrogens with two attached hydrogens (primary N) is 1. The van der Waals surface area contributed by atoms with Crippen molar-refractivity contribution in [1.82, 2.24) is 30.1 Å². The Labute approximate surface area is 79.0 Å². The van der Waals surface area contributed by atoms with E-state index in [2.05, 4.69) is 35.5 Å². The summed E-state index contributed by atoms with van der Waals surface area (Å²) in [6.07, 6.45) is 2.77. The Kier molecular flexibility index (Phi) is 2.17. The minimum absolute atomic E-state index is 0.181. The second kappa shape index (κ2) is 3.64. The summed E-state index contributed by atoms with van der Waals surface area (Å²) in [7, 11) is 0. The van der Waals surface area contributed by atoms with Crippen LogP contribution in [0.15, 0.2) is 12.7 Å². The highest BCUT2D eigenvalue weighted by Crippen LogP contribution is 1.98. The Morgan fingerprint density at radius 3 is 2.93 bits per heavy atom. The highest BCUT2D eigenvalue weighted by Gasteiger charge is 1.98. The lowest BCUT2D eigenvalue weighted by Gasteiger charge is -2.00. The van der Waals surface area contributed by atoms with Crippen LogP contribution in [0.25, 0.3) is 0 Å². The molecule has 0 saturated carbocycles. The molecule has 0 aliphatic carbocycles. The van der Waals surface area contributed by atoms with Crippen LogP contribution in [-0.4, -0.2) is 30.1 Å². The fourth-order valence-electron chi connectivity index (χ4n) is 0.873. The molecule has 4 N–H and O–H groups in total. The van der Waals surface area contributed by atoms with Crippen molar-refractivity contribution >= 4 is 11.9 Å². The summed E-state index contributed by atoms with van der Waals surface area (Å²) in [5.74, 6) is 1.29. The molecule has 0 aliphatic heterocycles. The Balaban J connectivity index is 1.98. The largest absolute Gasteiger partial charge is 0.368 e. The van der Waals surface area contributed by atoms with E-state index in [1.807, 2.05) is 0 Å². The first-order valence-electron chi connectivity index (χ1n) is 3.87. The molecule has 2 rings (SSSR count). The van der Waals surface area contributed by atoms with Crippen LogP contribution in [0.4, 0.5) is 11.9 Å². The highest BCUT2D eigenvalue weighted by molar-refractivity contribution is 5.28. The van der Waals surface area contributed by atoms with Crippen LogP contribution in [-0.2, 0) is 6.54 Å². The van der Waals surface area contributed by atoms with Crippen LogP contribution in [0.1, 0.15) is 5.82 Å². The van der Waals surface area contributed by atoms with Crippen LogP contribution in [0, 0.1) is 0 Å². The first kappa shape index (κ1) is 8.35. The van der Waals surface area contributed by atoms with Gasteiger partial charge in [-0.2, -0.15) is 10.1 Å². The van der Waals surface area contributed by atoms with Gasteiger partial charge in [0.15, 0.2) is 0 Å². The Morgan fingerprint density at radius 2 is 2.21 bits per heavy atom. The minimum Gasteiger partial charge on any atom is -0.368 e. The van der Waals surface area contributed by atoms with Gasteiger partial charge in [-0.05, 0) is 0 Å². The van der Waals surface area contributed by atoms with E-state index in [-0.39, 0.29) is 5.95 Å². The topological polar surface area (TPSA) is 118 Å². The number of rotatable bonds is 3. The van der Waals surface area contributed by atoms with Crippen LogP contribution < -0.4 is 11.1 Å². The molecule has 8 nitrogen and oxygen atoms in total. The third kappa shape index (κ3) is 1.91. The molecule has 2 aromatic heterocycles. The lowest BCUT2D eigenvalue weighted by Crippen LogP contribution is -2.07. The number of aromatic nitrogens is 6. The molecule has 0 spiro atoms. The molecule has 0 fully saturated rings. The standard InChI is InChI=1S/C6H8N8/c7-5-10-2-11-6(13-5)8-1-4-9-3-12-14-4/h2-3H,1H2,(H,9,12,14)(H3,7,8,10,11,13). The quantitative estimate of drug-likeness (QED) is 0.581. The molecule has 0 aliphatic rings. The molecule has 0 aromatic carbocycles. The van der Waals surface area contributed by atoms with E-state index in [1.54, 1.807) is 0 Å². The van der Waals surface area contributed by atoms with Crippen LogP contribution in [0.2, 0.25) is 0 Å². The van der Waals surface area contributed by atoms with Gasteiger partial charge in [0.1, 0.15) is 18.5 Å². The normalized spacial score (nSPS) is 10.0. The molecule has 2 aromatic rings. The van der Waals surface area contributed by atoms with E-state index in [9.17, 15) is 0 Å². The minimum atomic E-state index is 0.181. The Morgan fingerprint density at radius 1 is 1.29 bits per heavy atom. The zero-order valence-electron chi connectivity index (χ0n) is 7.18. The van der Waals surface area contributed by atoms with Gasteiger partial charge >= 0.3 is 0 Å². The monoisotopic (exact) mass is 192 g/mol. The van der Waals surface area contributed by atoms with Crippen molar-refractivity contribution in [2.24, 2.45) is 0 Å². The molecule has 0 saturated heterocycles. The zero-order valence-corrected chi connectivity index (χ0v) is 7.18. The molecule has 0 unspecified atom stereocenters. The predicted molar refractivity (Wildman–Crippen MR) is 47.9 cm³/mol. The molecular weight excluding hydrogens is 184 g/mol. The van der Waals surface area contributed by atoms with E-state index in [1.165, 1.54) is 12.7 Å². The summed E-state index contributed by atoms with van der Waals surface area (Å²) in [5.41, 5.74) is 5.37. The van der Waals surface area contributed by atoms with Gasteiger partial charge in [-0.25, -0.2) is 15.0 Å². The fraction of sp³-hybridized carbons (Fsp3) is 0.167. The number of hydrogen-bond donors (Lipinski definition) is 3. The lowest BCUT2D eigenvalue weighted by atomic mass is 10.6. The van der Waals surface area contributed by atoms with Gasteiger partial charge in [-0.1, -0.05) is 0 Å². The van der Waals surface area contributed by atoms with Gasteiger partial charge in [0.05, 0.1) is 6.54 Å². The number of hydrogen-bond acceptors (Lipinski definition) is 7. The smallest absolute Gasteiger partial charge is 0.227 e. The van der Waals surface area contributed by atoms with Crippen molar-refractivity contribution < 1.29 is 0 Å². The number of aromatic amines is 1. The van der Waals surface area contributed by atoms with E-state index in [4.69, 9.17) is 5.73 Å². The van der Waals surface area contributed by atoms with E-state index in [0.717, 1.165) is 0 Å². The second-order valence-electron chi connectivity index (χ2n) is 2.45. The van der Waals surface area contributed by atoms with Crippen molar-refractivity contribution in [3.05, 3.63) is 18.5 Å². The van der Waals surface area contributed by atoms with Gasteiger partial charge in [-0.3, -0.25) is 5.10 Å². The third-order valence-corrected chi connectivity index (χ3v) is 1.47. The molecule has 8 heteroatoms. The molecule has 14 heavy (non-hydrogen) atoms. The summed E-state index contributed by atoms with van der Waals surface area (Å²) < 4.78 is 0. The third-order valence-electron chi connectivity index (χ3n) is 1.47. The van der Waals surface area contributed by atoms with Crippen LogP contribution >= 0.6 is 0 Å². The number of nitrogens with zero attached hydrogens (tertiary/aromatic N) is 5. The summed E-state index contributed by atoms with van der Waals surface area (Å²) >= 11 is 0. The second-order valence-corrected chi connectivity index (χ2v) is 2.45. The van der Waals surface area contributed by atoms with E-state index >= 15 is 0 Å². The van der Waals surface area contributed by atoms with Crippen molar-refractivity contribution in [2.45, 2.75) is 6.54 Å². The highest BCUT2D eigenvalue weighted by atomic mass is 15.2. The van der Waals surface area contributed by atoms with E-state index < -0.39 is 0 Å².